The van der Waals surface area contributed by atoms with Gasteiger partial charge in [0.25, 0.3) is 0 Å². The molecule has 0 unspecified atom stereocenters. The van der Waals surface area contributed by atoms with E-state index in [9.17, 15) is 13.2 Å². The molecular weight excluding hydrogens is 471 g/mol. The third-order valence-corrected chi connectivity index (χ3v) is 5.49. The van der Waals surface area contributed by atoms with Crippen LogP contribution in [0.5, 0.6) is 0 Å². The molecule has 152 valence electrons. The Bertz CT molecular complexity index is 633. The van der Waals surface area contributed by atoms with Crippen LogP contribution in [0, 0.1) is 5.41 Å². The molecule has 8 nitrogen and oxygen atoms in total. The minimum absolute atomic E-state index is 0. The largest absolute Gasteiger partial charge is 0.444 e. The average molecular weight is 502 g/mol. The molecule has 0 atom stereocenters. The number of hydrogen-bond acceptors (Lipinski definition) is 5. The van der Waals surface area contributed by atoms with E-state index < -0.39 is 15.4 Å². The van der Waals surface area contributed by atoms with Crippen LogP contribution < -0.4 is 5.73 Å². The lowest BCUT2D eigenvalue weighted by molar-refractivity contribution is 0.0186. The van der Waals surface area contributed by atoms with E-state index in [-0.39, 0.29) is 41.2 Å². The zero-order valence-electron chi connectivity index (χ0n) is 16.0. The number of amides is 1. The molecule has 2 aliphatic rings. The van der Waals surface area contributed by atoms with Gasteiger partial charge in [-0.1, -0.05) is 0 Å². The van der Waals surface area contributed by atoms with E-state index in [1.807, 2.05) is 25.7 Å². The standard InChI is InChI=1S/C16H30N4O4S.HI/c1-15(2,3)24-14(21)20-9-7-19(8-10-20)13(17)18-11-16(5-6-16)12-25(4,22)23;/h5-12H2,1-4H3,(H2,17,18);1H. The summed E-state index contributed by atoms with van der Waals surface area (Å²) in [5, 5.41) is 0. The molecule has 2 fully saturated rings. The van der Waals surface area contributed by atoms with Crippen LogP contribution in [0.2, 0.25) is 0 Å². The van der Waals surface area contributed by atoms with Crippen molar-refractivity contribution in [2.45, 2.75) is 39.2 Å². The van der Waals surface area contributed by atoms with Crippen molar-refractivity contribution >= 4 is 45.9 Å². The van der Waals surface area contributed by atoms with Crippen molar-refractivity contribution in [1.29, 1.82) is 0 Å². The average Bonchev–Trinajstić information content (AvgIpc) is 3.21. The van der Waals surface area contributed by atoms with Crippen LogP contribution in [0.3, 0.4) is 0 Å². The molecule has 1 aliphatic carbocycles. The topological polar surface area (TPSA) is 105 Å². The zero-order valence-corrected chi connectivity index (χ0v) is 19.2. The van der Waals surface area contributed by atoms with Gasteiger partial charge in [-0.3, -0.25) is 4.99 Å². The molecule has 1 heterocycles. The smallest absolute Gasteiger partial charge is 0.410 e. The summed E-state index contributed by atoms with van der Waals surface area (Å²) in [5.74, 6) is 0.590. The third-order valence-electron chi connectivity index (χ3n) is 4.36. The summed E-state index contributed by atoms with van der Waals surface area (Å²) in [6.07, 6.45) is 2.70. The summed E-state index contributed by atoms with van der Waals surface area (Å²) in [5.41, 5.74) is 5.33. The van der Waals surface area contributed by atoms with Crippen LogP contribution in [-0.4, -0.2) is 80.6 Å². The molecule has 0 aromatic heterocycles. The van der Waals surface area contributed by atoms with Crippen molar-refractivity contribution in [2.75, 3.05) is 44.7 Å². The number of sulfone groups is 1. The molecule has 0 aromatic carbocycles. The molecule has 2 N–H and O–H groups in total. The van der Waals surface area contributed by atoms with Gasteiger partial charge in [-0.15, -0.1) is 24.0 Å². The van der Waals surface area contributed by atoms with Crippen LogP contribution in [0.15, 0.2) is 4.99 Å². The fourth-order valence-electron chi connectivity index (χ4n) is 2.87. The summed E-state index contributed by atoms with van der Waals surface area (Å²) in [7, 11) is -3.01. The number of nitrogens with zero attached hydrogens (tertiary/aromatic N) is 3. The van der Waals surface area contributed by atoms with Crippen LogP contribution in [0.1, 0.15) is 33.6 Å². The number of halogens is 1. The lowest BCUT2D eigenvalue weighted by atomic mass is 10.1. The van der Waals surface area contributed by atoms with E-state index >= 15 is 0 Å². The Morgan fingerprint density at radius 1 is 1.15 bits per heavy atom. The first-order valence-corrected chi connectivity index (χ1v) is 10.7. The highest BCUT2D eigenvalue weighted by atomic mass is 127. The second-order valence-corrected chi connectivity index (χ2v) is 10.3. The molecule has 1 aliphatic heterocycles. The van der Waals surface area contributed by atoms with Gasteiger partial charge >= 0.3 is 6.09 Å². The number of hydrogen-bond donors (Lipinski definition) is 1. The predicted molar refractivity (Wildman–Crippen MR) is 113 cm³/mol. The van der Waals surface area contributed by atoms with E-state index in [0.29, 0.717) is 38.7 Å². The zero-order chi connectivity index (χ0) is 18.9. The molecule has 1 saturated heterocycles. The van der Waals surface area contributed by atoms with Crippen LogP contribution in [-0.2, 0) is 14.6 Å². The molecule has 1 amide bonds. The van der Waals surface area contributed by atoms with Gasteiger partial charge in [0.05, 0.1) is 5.75 Å². The van der Waals surface area contributed by atoms with Crippen molar-refractivity contribution in [3.8, 4) is 0 Å². The van der Waals surface area contributed by atoms with Crippen molar-refractivity contribution in [1.82, 2.24) is 9.80 Å². The first-order chi connectivity index (χ1) is 11.4. The molecule has 0 bridgehead atoms. The Morgan fingerprint density at radius 2 is 1.65 bits per heavy atom. The van der Waals surface area contributed by atoms with Crippen molar-refractivity contribution < 1.29 is 17.9 Å². The number of aliphatic imine (C=N–C) groups is 1. The van der Waals surface area contributed by atoms with Crippen molar-refractivity contribution in [2.24, 2.45) is 16.1 Å². The molecule has 0 radical (unpaired) electrons. The van der Waals surface area contributed by atoms with E-state index in [2.05, 4.69) is 4.99 Å². The maximum absolute atomic E-state index is 12.1. The van der Waals surface area contributed by atoms with Gasteiger partial charge in [-0.2, -0.15) is 0 Å². The van der Waals surface area contributed by atoms with E-state index in [0.717, 1.165) is 12.8 Å². The number of guanidine groups is 1. The Morgan fingerprint density at radius 3 is 2.08 bits per heavy atom. The number of rotatable bonds is 4. The summed E-state index contributed by atoms with van der Waals surface area (Å²) >= 11 is 0. The molecular formula is C16H31IN4O4S. The predicted octanol–water partition coefficient (Wildman–Crippen LogP) is 1.30. The van der Waals surface area contributed by atoms with E-state index in [4.69, 9.17) is 10.5 Å². The highest BCUT2D eigenvalue weighted by Gasteiger charge is 2.45. The SMILES string of the molecule is CC(C)(C)OC(=O)N1CCN(C(N)=NCC2(CS(C)(=O)=O)CC2)CC1.I. The summed E-state index contributed by atoms with van der Waals surface area (Å²) in [6, 6.07) is 0. The fraction of sp³-hybridized carbons (Fsp3) is 0.875. The van der Waals surface area contributed by atoms with Gasteiger partial charge in [-0.25, -0.2) is 13.2 Å². The van der Waals surface area contributed by atoms with E-state index in [1.54, 1.807) is 4.90 Å². The number of piperazine rings is 1. The Labute approximate surface area is 173 Å². The summed E-state index contributed by atoms with van der Waals surface area (Å²) in [6.45, 7) is 8.21. The second-order valence-electron chi connectivity index (χ2n) is 8.20. The van der Waals surface area contributed by atoms with Crippen molar-refractivity contribution in [3.05, 3.63) is 0 Å². The number of nitrogens with two attached hydrogens (primary N) is 1. The van der Waals surface area contributed by atoms with Gasteiger partial charge in [0.1, 0.15) is 15.4 Å². The maximum Gasteiger partial charge on any atom is 0.410 e. The summed E-state index contributed by atoms with van der Waals surface area (Å²) < 4.78 is 28.4. The Kier molecular flexibility index (Phi) is 7.59. The first kappa shape index (κ1) is 23.3. The van der Waals surface area contributed by atoms with Gasteiger partial charge in [-0.05, 0) is 33.6 Å². The highest BCUT2D eigenvalue weighted by Crippen LogP contribution is 2.46. The lowest BCUT2D eigenvalue weighted by Gasteiger charge is -2.36. The Hall–Kier alpha value is -0.780. The van der Waals surface area contributed by atoms with Crippen LogP contribution in [0.4, 0.5) is 4.79 Å². The maximum atomic E-state index is 12.1. The molecule has 10 heteroatoms. The molecule has 2 rings (SSSR count). The highest BCUT2D eigenvalue weighted by molar-refractivity contribution is 14.0. The minimum atomic E-state index is -3.01. The second kappa shape index (κ2) is 8.49. The van der Waals surface area contributed by atoms with Crippen LogP contribution in [0.25, 0.3) is 0 Å². The molecule has 26 heavy (non-hydrogen) atoms. The monoisotopic (exact) mass is 502 g/mol. The van der Waals surface area contributed by atoms with Crippen LogP contribution >= 0.6 is 24.0 Å². The Balaban J connectivity index is 0.00000338. The number of carbonyl (C=O) groups is 1. The molecule has 0 aromatic rings. The number of carbonyl (C=O) groups excluding carboxylic acids is 1. The minimum Gasteiger partial charge on any atom is -0.444 e. The van der Waals surface area contributed by atoms with Gasteiger partial charge in [0.2, 0.25) is 0 Å². The quantitative estimate of drug-likeness (QED) is 0.353. The van der Waals surface area contributed by atoms with Gasteiger partial charge in [0.15, 0.2) is 5.96 Å². The van der Waals surface area contributed by atoms with Crippen molar-refractivity contribution in [3.63, 3.8) is 0 Å². The normalized spacial score (nSPS) is 20.4. The lowest BCUT2D eigenvalue weighted by Crippen LogP contribution is -2.53. The molecule has 0 spiro atoms. The number of ether oxygens (including phenoxy) is 1. The van der Waals surface area contributed by atoms with Gasteiger partial charge in [0, 0.05) is 44.4 Å². The first-order valence-electron chi connectivity index (χ1n) is 8.60. The fourth-order valence-corrected chi connectivity index (χ4v) is 4.37. The van der Waals surface area contributed by atoms with E-state index in [1.165, 1.54) is 6.26 Å². The third kappa shape index (κ3) is 7.45. The summed E-state index contributed by atoms with van der Waals surface area (Å²) in [4.78, 5) is 20.1. The van der Waals surface area contributed by atoms with Gasteiger partial charge < -0.3 is 20.3 Å². The molecule has 1 saturated carbocycles.